The largest absolute Gasteiger partial charge is 0.378 e. The van der Waals surface area contributed by atoms with Crippen LogP contribution in [0.5, 0.6) is 0 Å². The Balaban J connectivity index is 1.78. The van der Waals surface area contributed by atoms with Crippen molar-refractivity contribution in [1.82, 2.24) is 4.72 Å². The van der Waals surface area contributed by atoms with Crippen molar-refractivity contribution in [3.8, 4) is 0 Å². The van der Waals surface area contributed by atoms with Crippen LogP contribution in [0.25, 0.3) is 0 Å². The van der Waals surface area contributed by atoms with E-state index in [2.05, 4.69) is 34.3 Å². The van der Waals surface area contributed by atoms with Crippen molar-refractivity contribution >= 4 is 15.7 Å². The molecule has 0 heterocycles. The number of hydrogen-bond acceptors (Lipinski definition) is 3. The Morgan fingerprint density at radius 2 is 1.76 bits per heavy atom. The van der Waals surface area contributed by atoms with E-state index < -0.39 is 10.0 Å². The summed E-state index contributed by atoms with van der Waals surface area (Å²) < 4.78 is 25.7. The van der Waals surface area contributed by atoms with Crippen molar-refractivity contribution in [3.63, 3.8) is 0 Å². The molecule has 0 aliphatic heterocycles. The smallest absolute Gasteiger partial charge is 0.240 e. The highest BCUT2D eigenvalue weighted by Crippen LogP contribution is 2.33. The van der Waals surface area contributed by atoms with Gasteiger partial charge < -0.3 is 5.32 Å². The van der Waals surface area contributed by atoms with Crippen LogP contribution in [-0.4, -0.2) is 15.5 Å². The highest BCUT2D eigenvalue weighted by Gasteiger charge is 2.21. The lowest BCUT2D eigenvalue weighted by molar-refractivity contribution is 0.588. The fourth-order valence-electron chi connectivity index (χ4n) is 2.76. The van der Waals surface area contributed by atoms with E-state index in [0.29, 0.717) is 6.04 Å². The summed E-state index contributed by atoms with van der Waals surface area (Å²) in [4.78, 5) is 0.280. The molecule has 2 aromatic carbocycles. The Kier molecular flexibility index (Phi) is 3.69. The van der Waals surface area contributed by atoms with Gasteiger partial charge in [0.05, 0.1) is 10.9 Å². The second-order valence-corrected chi connectivity index (χ2v) is 7.05. The molecule has 0 saturated carbocycles. The summed E-state index contributed by atoms with van der Waals surface area (Å²) in [6, 6.07) is 15.6. The van der Waals surface area contributed by atoms with Gasteiger partial charge in [0, 0.05) is 5.69 Å². The van der Waals surface area contributed by atoms with Crippen LogP contribution in [0.15, 0.2) is 53.4 Å². The zero-order valence-electron chi connectivity index (χ0n) is 11.8. The lowest BCUT2D eigenvalue weighted by Crippen LogP contribution is -2.18. The first kappa shape index (κ1) is 14.1. The molecule has 1 atom stereocenters. The van der Waals surface area contributed by atoms with Crippen molar-refractivity contribution < 1.29 is 8.42 Å². The molecule has 1 aliphatic carbocycles. The van der Waals surface area contributed by atoms with E-state index >= 15 is 0 Å². The van der Waals surface area contributed by atoms with Gasteiger partial charge in [0.1, 0.15) is 0 Å². The third-order valence-electron chi connectivity index (χ3n) is 3.91. The van der Waals surface area contributed by atoms with Crippen LogP contribution >= 0.6 is 0 Å². The highest BCUT2D eigenvalue weighted by molar-refractivity contribution is 7.89. The first-order chi connectivity index (χ1) is 10.1. The van der Waals surface area contributed by atoms with Crippen LogP contribution in [0, 0.1) is 0 Å². The van der Waals surface area contributed by atoms with E-state index in [1.807, 2.05) is 12.1 Å². The van der Waals surface area contributed by atoms with Crippen molar-refractivity contribution in [2.24, 2.45) is 0 Å². The van der Waals surface area contributed by atoms with Gasteiger partial charge >= 0.3 is 0 Å². The predicted octanol–water partition coefficient (Wildman–Crippen LogP) is 2.69. The Morgan fingerprint density at radius 3 is 2.48 bits per heavy atom. The Morgan fingerprint density at radius 1 is 1.05 bits per heavy atom. The number of benzene rings is 2. The Bertz CT molecular complexity index is 739. The van der Waals surface area contributed by atoms with Gasteiger partial charge in [-0.25, -0.2) is 13.1 Å². The number of rotatable bonds is 4. The van der Waals surface area contributed by atoms with Gasteiger partial charge in [-0.2, -0.15) is 0 Å². The standard InChI is InChI=1S/C16H18N2O2S/c1-17-21(19,20)14-9-7-13(8-10-14)18-16-11-6-12-4-2-3-5-15(12)16/h2-5,7-10,16-18H,6,11H2,1H3. The molecule has 2 N–H and O–H groups in total. The number of fused-ring (bicyclic) bond motifs is 1. The SMILES string of the molecule is CNS(=O)(=O)c1ccc(NC2CCc3ccccc32)cc1. The van der Waals surface area contributed by atoms with E-state index in [0.717, 1.165) is 18.5 Å². The van der Waals surface area contributed by atoms with Crippen LogP contribution in [-0.2, 0) is 16.4 Å². The molecule has 2 aromatic rings. The minimum atomic E-state index is -3.37. The van der Waals surface area contributed by atoms with Crippen LogP contribution in [0.2, 0.25) is 0 Å². The maximum atomic E-state index is 11.7. The number of anilines is 1. The molecule has 3 rings (SSSR count). The third-order valence-corrected chi connectivity index (χ3v) is 5.34. The molecule has 0 spiro atoms. The predicted molar refractivity (Wildman–Crippen MR) is 83.8 cm³/mol. The van der Waals surface area contributed by atoms with Crippen LogP contribution in [0.1, 0.15) is 23.6 Å². The lowest BCUT2D eigenvalue weighted by Gasteiger charge is -2.16. The lowest BCUT2D eigenvalue weighted by atomic mass is 10.1. The van der Waals surface area contributed by atoms with Crippen molar-refractivity contribution in [2.45, 2.75) is 23.8 Å². The van der Waals surface area contributed by atoms with E-state index in [1.54, 1.807) is 12.1 Å². The number of aryl methyl sites for hydroxylation is 1. The zero-order chi connectivity index (χ0) is 14.9. The van der Waals surface area contributed by atoms with Gasteiger partial charge in [-0.3, -0.25) is 0 Å². The average Bonchev–Trinajstić information content (AvgIpc) is 2.91. The van der Waals surface area contributed by atoms with Gasteiger partial charge in [0.15, 0.2) is 0 Å². The summed E-state index contributed by atoms with van der Waals surface area (Å²) in [6.45, 7) is 0. The fourth-order valence-corrected chi connectivity index (χ4v) is 3.49. The summed E-state index contributed by atoms with van der Waals surface area (Å²) in [5, 5.41) is 3.48. The summed E-state index contributed by atoms with van der Waals surface area (Å²) in [5.41, 5.74) is 3.67. The molecule has 0 saturated heterocycles. The second kappa shape index (κ2) is 5.50. The summed E-state index contributed by atoms with van der Waals surface area (Å²) in [5.74, 6) is 0. The minimum Gasteiger partial charge on any atom is -0.378 e. The molecule has 4 nitrogen and oxygen atoms in total. The Hall–Kier alpha value is -1.85. The number of nitrogens with one attached hydrogen (secondary N) is 2. The maximum absolute atomic E-state index is 11.7. The van der Waals surface area contributed by atoms with Crippen molar-refractivity contribution in [2.75, 3.05) is 12.4 Å². The van der Waals surface area contributed by atoms with E-state index in [9.17, 15) is 8.42 Å². The fraction of sp³-hybridized carbons (Fsp3) is 0.250. The van der Waals surface area contributed by atoms with E-state index in [4.69, 9.17) is 0 Å². The first-order valence-electron chi connectivity index (χ1n) is 6.98. The average molecular weight is 302 g/mol. The third kappa shape index (κ3) is 2.80. The van der Waals surface area contributed by atoms with Crippen molar-refractivity contribution in [1.29, 1.82) is 0 Å². The normalized spacial score (nSPS) is 17.5. The molecule has 5 heteroatoms. The molecule has 1 unspecified atom stereocenters. The van der Waals surface area contributed by atoms with Gasteiger partial charge in [0.25, 0.3) is 0 Å². The van der Waals surface area contributed by atoms with Gasteiger partial charge in [-0.15, -0.1) is 0 Å². The molecule has 1 aliphatic rings. The first-order valence-corrected chi connectivity index (χ1v) is 8.46. The van der Waals surface area contributed by atoms with Gasteiger partial charge in [-0.05, 0) is 55.3 Å². The molecule has 0 aromatic heterocycles. The zero-order valence-corrected chi connectivity index (χ0v) is 12.7. The summed E-state index contributed by atoms with van der Waals surface area (Å²) >= 11 is 0. The highest BCUT2D eigenvalue weighted by atomic mass is 32.2. The topological polar surface area (TPSA) is 58.2 Å². The number of sulfonamides is 1. The molecule has 0 fully saturated rings. The van der Waals surface area contributed by atoms with Crippen molar-refractivity contribution in [3.05, 3.63) is 59.7 Å². The van der Waals surface area contributed by atoms with Gasteiger partial charge in [0.2, 0.25) is 10.0 Å². The monoisotopic (exact) mass is 302 g/mol. The quantitative estimate of drug-likeness (QED) is 0.913. The Labute approximate surface area is 125 Å². The molecule has 21 heavy (non-hydrogen) atoms. The second-order valence-electron chi connectivity index (χ2n) is 5.17. The number of hydrogen-bond donors (Lipinski definition) is 2. The molecular weight excluding hydrogens is 284 g/mol. The minimum absolute atomic E-state index is 0.280. The molecule has 0 amide bonds. The molecular formula is C16H18N2O2S. The molecule has 0 bridgehead atoms. The summed E-state index contributed by atoms with van der Waals surface area (Å²) in [7, 11) is -1.95. The van der Waals surface area contributed by atoms with E-state index in [-0.39, 0.29) is 4.90 Å². The molecule has 110 valence electrons. The van der Waals surface area contributed by atoms with Crippen LogP contribution in [0.4, 0.5) is 5.69 Å². The van der Waals surface area contributed by atoms with Crippen LogP contribution < -0.4 is 10.0 Å². The molecule has 0 radical (unpaired) electrons. The summed E-state index contributed by atoms with van der Waals surface area (Å²) in [6.07, 6.45) is 2.15. The van der Waals surface area contributed by atoms with E-state index in [1.165, 1.54) is 18.2 Å². The van der Waals surface area contributed by atoms with Crippen LogP contribution in [0.3, 0.4) is 0 Å². The maximum Gasteiger partial charge on any atom is 0.240 e. The van der Waals surface area contributed by atoms with Gasteiger partial charge in [-0.1, -0.05) is 24.3 Å².